The molecular weight excluding hydrogens is 353 g/mol. The van der Waals surface area contributed by atoms with E-state index in [0.717, 1.165) is 27.9 Å². The highest BCUT2D eigenvalue weighted by atomic mass is 32.1. The number of benzene rings is 1. The zero-order chi connectivity index (χ0) is 18.3. The molecule has 3 heterocycles. The van der Waals surface area contributed by atoms with Gasteiger partial charge < -0.3 is 14.2 Å². The van der Waals surface area contributed by atoms with Gasteiger partial charge in [-0.05, 0) is 37.3 Å². The topological polar surface area (TPSA) is 49.6 Å². The molecule has 5 nitrogen and oxygen atoms in total. The molecule has 0 bridgehead atoms. The van der Waals surface area contributed by atoms with Crippen LogP contribution in [0.3, 0.4) is 0 Å². The maximum absolute atomic E-state index is 13.7. The lowest BCUT2D eigenvalue weighted by molar-refractivity contribution is -0.118. The van der Waals surface area contributed by atoms with Crippen molar-refractivity contribution in [1.29, 1.82) is 0 Å². The summed E-state index contributed by atoms with van der Waals surface area (Å²) in [4.78, 5) is 20.5. The van der Waals surface area contributed by atoms with Crippen molar-refractivity contribution in [1.82, 2.24) is 4.98 Å². The zero-order valence-electron chi connectivity index (χ0n) is 14.5. The van der Waals surface area contributed by atoms with Crippen molar-refractivity contribution in [2.45, 2.75) is 19.9 Å². The molecule has 0 saturated heterocycles. The minimum absolute atomic E-state index is 0.0237. The third kappa shape index (κ3) is 3.10. The summed E-state index contributed by atoms with van der Waals surface area (Å²) in [6, 6.07) is 8.38. The minimum Gasteiger partial charge on any atom is -0.459 e. The van der Waals surface area contributed by atoms with Gasteiger partial charge in [-0.15, -0.1) is 11.3 Å². The lowest BCUT2D eigenvalue weighted by Crippen LogP contribution is -2.26. The molecule has 0 spiro atoms. The summed E-state index contributed by atoms with van der Waals surface area (Å²) in [5.74, 6) is 1.23. The average molecular weight is 371 g/mol. The SMILES string of the molecule is Cc1ccc(-c2nc(CN3CCC(=O)N(C)c4cc(F)ccc43)cs2)o1. The van der Waals surface area contributed by atoms with E-state index in [1.165, 1.54) is 28.4 Å². The number of rotatable bonds is 3. The molecule has 0 fully saturated rings. The van der Waals surface area contributed by atoms with E-state index in [4.69, 9.17) is 4.42 Å². The number of anilines is 2. The Hall–Kier alpha value is -2.67. The Morgan fingerprint density at radius 3 is 2.88 bits per heavy atom. The zero-order valence-corrected chi connectivity index (χ0v) is 15.3. The molecule has 1 aromatic carbocycles. The first kappa shape index (κ1) is 16.8. The van der Waals surface area contributed by atoms with Gasteiger partial charge in [0, 0.05) is 25.4 Å². The van der Waals surface area contributed by atoms with Gasteiger partial charge in [0.2, 0.25) is 5.91 Å². The first-order valence-electron chi connectivity index (χ1n) is 8.33. The van der Waals surface area contributed by atoms with Gasteiger partial charge in [-0.3, -0.25) is 4.79 Å². The lowest BCUT2D eigenvalue weighted by atomic mass is 10.2. The van der Waals surface area contributed by atoms with Gasteiger partial charge in [0.15, 0.2) is 10.8 Å². The molecule has 0 aliphatic carbocycles. The molecule has 2 aromatic heterocycles. The molecule has 1 aliphatic rings. The number of carbonyl (C=O) groups is 1. The predicted octanol–water partition coefficient (Wildman–Crippen LogP) is 4.22. The summed E-state index contributed by atoms with van der Waals surface area (Å²) in [5, 5.41) is 2.82. The van der Waals surface area contributed by atoms with E-state index < -0.39 is 0 Å². The monoisotopic (exact) mass is 371 g/mol. The fourth-order valence-corrected chi connectivity index (χ4v) is 3.86. The smallest absolute Gasteiger partial charge is 0.228 e. The number of hydrogen-bond acceptors (Lipinski definition) is 5. The van der Waals surface area contributed by atoms with E-state index in [9.17, 15) is 9.18 Å². The van der Waals surface area contributed by atoms with Crippen molar-refractivity contribution < 1.29 is 13.6 Å². The van der Waals surface area contributed by atoms with Gasteiger partial charge in [-0.1, -0.05) is 0 Å². The first-order chi connectivity index (χ1) is 12.5. The molecular formula is C19H18FN3O2S. The van der Waals surface area contributed by atoms with Crippen molar-refractivity contribution in [2.75, 3.05) is 23.4 Å². The second-order valence-corrected chi connectivity index (χ2v) is 7.17. The van der Waals surface area contributed by atoms with Crippen LogP contribution in [0.2, 0.25) is 0 Å². The summed E-state index contributed by atoms with van der Waals surface area (Å²) in [5.41, 5.74) is 2.32. The van der Waals surface area contributed by atoms with Crippen molar-refractivity contribution in [3.8, 4) is 10.8 Å². The van der Waals surface area contributed by atoms with E-state index >= 15 is 0 Å². The molecule has 134 valence electrons. The Kier molecular flexibility index (Phi) is 4.24. The summed E-state index contributed by atoms with van der Waals surface area (Å²) < 4.78 is 19.3. The first-order valence-corrected chi connectivity index (χ1v) is 9.21. The number of hydrogen-bond donors (Lipinski definition) is 0. The molecule has 26 heavy (non-hydrogen) atoms. The second-order valence-electron chi connectivity index (χ2n) is 6.31. The fraction of sp³-hybridized carbons (Fsp3) is 0.263. The van der Waals surface area contributed by atoms with Crippen LogP contribution in [0, 0.1) is 12.7 Å². The number of thiazole rings is 1. The Morgan fingerprint density at radius 2 is 2.12 bits per heavy atom. The highest BCUT2D eigenvalue weighted by Crippen LogP contribution is 2.34. The standard InChI is InChI=1S/C19H18FN3O2S/c1-12-3-6-17(25-12)19-21-14(11-26-19)10-23-8-7-18(24)22(2)16-9-13(20)4-5-15(16)23/h3-6,9,11H,7-8,10H2,1-2H3. The average Bonchev–Trinajstić information content (AvgIpc) is 3.24. The highest BCUT2D eigenvalue weighted by molar-refractivity contribution is 7.13. The summed E-state index contributed by atoms with van der Waals surface area (Å²) >= 11 is 1.53. The Morgan fingerprint density at radius 1 is 1.27 bits per heavy atom. The quantitative estimate of drug-likeness (QED) is 0.692. The molecule has 1 amide bonds. The van der Waals surface area contributed by atoms with Gasteiger partial charge in [-0.2, -0.15) is 0 Å². The number of carbonyl (C=O) groups excluding carboxylic acids is 1. The number of aromatic nitrogens is 1. The molecule has 0 N–H and O–H groups in total. The summed E-state index contributed by atoms with van der Waals surface area (Å²) in [6.45, 7) is 3.02. The minimum atomic E-state index is -0.352. The van der Waals surface area contributed by atoms with E-state index in [-0.39, 0.29) is 11.7 Å². The molecule has 0 unspecified atom stereocenters. The largest absolute Gasteiger partial charge is 0.459 e. The molecule has 7 heteroatoms. The van der Waals surface area contributed by atoms with E-state index in [0.29, 0.717) is 25.2 Å². The van der Waals surface area contributed by atoms with Gasteiger partial charge in [0.05, 0.1) is 23.6 Å². The van der Waals surface area contributed by atoms with Crippen LogP contribution < -0.4 is 9.80 Å². The Labute approximate surface area is 154 Å². The van der Waals surface area contributed by atoms with Crippen molar-refractivity contribution in [2.24, 2.45) is 0 Å². The molecule has 0 radical (unpaired) electrons. The fourth-order valence-electron chi connectivity index (χ4n) is 3.09. The highest BCUT2D eigenvalue weighted by Gasteiger charge is 2.25. The van der Waals surface area contributed by atoms with Crippen LogP contribution in [0.5, 0.6) is 0 Å². The van der Waals surface area contributed by atoms with Crippen LogP contribution in [-0.4, -0.2) is 24.5 Å². The Balaban J connectivity index is 1.63. The van der Waals surface area contributed by atoms with E-state index in [1.54, 1.807) is 13.1 Å². The van der Waals surface area contributed by atoms with Crippen LogP contribution in [0.4, 0.5) is 15.8 Å². The number of fused-ring (bicyclic) bond motifs is 1. The van der Waals surface area contributed by atoms with Gasteiger partial charge in [-0.25, -0.2) is 9.37 Å². The van der Waals surface area contributed by atoms with Crippen molar-refractivity contribution >= 4 is 28.6 Å². The van der Waals surface area contributed by atoms with Crippen LogP contribution in [-0.2, 0) is 11.3 Å². The number of amides is 1. The lowest BCUT2D eigenvalue weighted by Gasteiger charge is -2.24. The molecule has 0 atom stereocenters. The number of nitrogens with zero attached hydrogens (tertiary/aromatic N) is 3. The third-order valence-corrected chi connectivity index (χ3v) is 5.37. The molecule has 4 rings (SSSR count). The molecule has 0 saturated carbocycles. The predicted molar refractivity (Wildman–Crippen MR) is 100 cm³/mol. The maximum Gasteiger partial charge on any atom is 0.228 e. The van der Waals surface area contributed by atoms with Crippen LogP contribution in [0.25, 0.3) is 10.8 Å². The van der Waals surface area contributed by atoms with E-state index in [1.807, 2.05) is 24.4 Å². The van der Waals surface area contributed by atoms with Gasteiger partial charge in [0.25, 0.3) is 0 Å². The van der Waals surface area contributed by atoms with E-state index in [2.05, 4.69) is 9.88 Å². The molecule has 3 aromatic rings. The maximum atomic E-state index is 13.7. The Bertz CT molecular complexity index is 965. The number of halogens is 1. The number of furan rings is 1. The van der Waals surface area contributed by atoms with Gasteiger partial charge in [0.1, 0.15) is 11.6 Å². The van der Waals surface area contributed by atoms with Crippen LogP contribution in [0.1, 0.15) is 17.9 Å². The van der Waals surface area contributed by atoms with Crippen molar-refractivity contribution in [3.05, 3.63) is 53.0 Å². The number of aryl methyl sites for hydroxylation is 1. The molecule has 1 aliphatic heterocycles. The third-order valence-electron chi connectivity index (χ3n) is 4.46. The summed E-state index contributed by atoms with van der Waals surface area (Å²) in [7, 11) is 1.68. The normalized spacial score (nSPS) is 14.5. The van der Waals surface area contributed by atoms with Crippen LogP contribution in [0.15, 0.2) is 40.1 Å². The van der Waals surface area contributed by atoms with Gasteiger partial charge >= 0.3 is 0 Å². The van der Waals surface area contributed by atoms with Crippen LogP contribution >= 0.6 is 11.3 Å². The van der Waals surface area contributed by atoms with Crippen molar-refractivity contribution in [3.63, 3.8) is 0 Å². The second kappa shape index (κ2) is 6.57. The summed E-state index contributed by atoms with van der Waals surface area (Å²) in [6.07, 6.45) is 0.376.